The Balaban J connectivity index is 1.42. The molecule has 36 heavy (non-hydrogen) atoms. The SMILES string of the molecule is CCOc1ccc(C(=O)NCc2cccc(C(=O)N(C)c3ccc4c(c3)CNCC4)c2)cc1OCC. The standard InChI is InChI=1S/C29H33N3O4/c1-4-35-26-12-10-22(17-27(26)36-5-2)28(33)31-18-20-7-6-8-23(15-20)29(34)32(3)25-11-9-21-13-14-30-19-24(21)16-25/h6-12,15-17,30H,4-5,13-14,18-19H2,1-3H3,(H,31,33). The van der Waals surface area contributed by atoms with E-state index in [1.54, 1.807) is 36.2 Å². The van der Waals surface area contributed by atoms with Gasteiger partial charge in [-0.25, -0.2) is 0 Å². The zero-order chi connectivity index (χ0) is 25.5. The lowest BCUT2D eigenvalue weighted by atomic mass is 10.00. The largest absolute Gasteiger partial charge is 0.490 e. The Morgan fingerprint density at radius 1 is 0.917 bits per heavy atom. The van der Waals surface area contributed by atoms with Crippen LogP contribution in [-0.2, 0) is 19.5 Å². The molecule has 1 heterocycles. The van der Waals surface area contributed by atoms with Gasteiger partial charge in [0.2, 0.25) is 0 Å². The first kappa shape index (κ1) is 25.3. The van der Waals surface area contributed by atoms with E-state index < -0.39 is 0 Å². The highest BCUT2D eigenvalue weighted by molar-refractivity contribution is 6.06. The van der Waals surface area contributed by atoms with E-state index in [0.717, 1.165) is 30.8 Å². The second-order valence-corrected chi connectivity index (χ2v) is 8.65. The molecule has 0 saturated carbocycles. The number of carbonyl (C=O) groups is 2. The van der Waals surface area contributed by atoms with Gasteiger partial charge in [0.05, 0.1) is 13.2 Å². The third-order valence-corrected chi connectivity index (χ3v) is 6.20. The monoisotopic (exact) mass is 487 g/mol. The fourth-order valence-corrected chi connectivity index (χ4v) is 4.28. The third-order valence-electron chi connectivity index (χ3n) is 6.20. The maximum atomic E-state index is 13.2. The molecule has 7 nitrogen and oxygen atoms in total. The second-order valence-electron chi connectivity index (χ2n) is 8.65. The first-order chi connectivity index (χ1) is 17.5. The average molecular weight is 488 g/mol. The number of hydrogen-bond donors (Lipinski definition) is 2. The van der Waals surface area contributed by atoms with Gasteiger partial charge in [0.25, 0.3) is 11.8 Å². The molecule has 0 radical (unpaired) electrons. The predicted molar refractivity (Wildman–Crippen MR) is 141 cm³/mol. The van der Waals surface area contributed by atoms with Crippen molar-refractivity contribution in [3.8, 4) is 11.5 Å². The summed E-state index contributed by atoms with van der Waals surface area (Å²) in [7, 11) is 1.79. The van der Waals surface area contributed by atoms with Crippen LogP contribution >= 0.6 is 0 Å². The molecule has 0 aliphatic carbocycles. The molecule has 2 amide bonds. The molecule has 3 aromatic carbocycles. The van der Waals surface area contributed by atoms with E-state index in [0.29, 0.717) is 42.4 Å². The van der Waals surface area contributed by atoms with E-state index in [2.05, 4.69) is 22.8 Å². The van der Waals surface area contributed by atoms with Crippen molar-refractivity contribution < 1.29 is 19.1 Å². The van der Waals surface area contributed by atoms with Crippen molar-refractivity contribution in [2.75, 3.05) is 31.7 Å². The highest BCUT2D eigenvalue weighted by atomic mass is 16.5. The number of ether oxygens (including phenoxy) is 2. The van der Waals surface area contributed by atoms with Crippen LogP contribution in [-0.4, -0.2) is 38.6 Å². The number of nitrogens with one attached hydrogen (secondary N) is 2. The van der Waals surface area contributed by atoms with Gasteiger partial charge in [0.1, 0.15) is 0 Å². The lowest BCUT2D eigenvalue weighted by Gasteiger charge is -2.22. The molecule has 0 unspecified atom stereocenters. The minimum atomic E-state index is -0.226. The molecule has 0 fully saturated rings. The molecular formula is C29H33N3O4. The number of hydrogen-bond acceptors (Lipinski definition) is 5. The van der Waals surface area contributed by atoms with E-state index in [4.69, 9.17) is 9.47 Å². The van der Waals surface area contributed by atoms with Crippen LogP contribution in [0, 0.1) is 0 Å². The smallest absolute Gasteiger partial charge is 0.258 e. The van der Waals surface area contributed by atoms with Crippen LogP contribution in [0.5, 0.6) is 11.5 Å². The summed E-state index contributed by atoms with van der Waals surface area (Å²) in [4.78, 5) is 27.7. The maximum Gasteiger partial charge on any atom is 0.258 e. The van der Waals surface area contributed by atoms with Crippen molar-refractivity contribution in [3.05, 3.63) is 88.5 Å². The van der Waals surface area contributed by atoms with Crippen molar-refractivity contribution in [1.29, 1.82) is 0 Å². The van der Waals surface area contributed by atoms with Crippen LogP contribution in [0.25, 0.3) is 0 Å². The number of carbonyl (C=O) groups excluding carboxylic acids is 2. The molecule has 0 bridgehead atoms. The quantitative estimate of drug-likeness (QED) is 0.470. The first-order valence-electron chi connectivity index (χ1n) is 12.4. The maximum absolute atomic E-state index is 13.2. The number of amides is 2. The van der Waals surface area contributed by atoms with Gasteiger partial charge in [0.15, 0.2) is 11.5 Å². The Kier molecular flexibility index (Phi) is 8.23. The molecule has 0 spiro atoms. The Labute approximate surface area is 212 Å². The fourth-order valence-electron chi connectivity index (χ4n) is 4.28. The minimum Gasteiger partial charge on any atom is -0.490 e. The molecule has 188 valence electrons. The number of nitrogens with zero attached hydrogens (tertiary/aromatic N) is 1. The summed E-state index contributed by atoms with van der Waals surface area (Å²) in [6.07, 6.45) is 1.00. The van der Waals surface area contributed by atoms with Crippen molar-refractivity contribution in [2.45, 2.75) is 33.4 Å². The number of fused-ring (bicyclic) bond motifs is 1. The Hall–Kier alpha value is -3.84. The minimum absolute atomic E-state index is 0.0974. The van der Waals surface area contributed by atoms with Crippen LogP contribution in [0.3, 0.4) is 0 Å². The topological polar surface area (TPSA) is 79.9 Å². The fraction of sp³-hybridized carbons (Fsp3) is 0.310. The summed E-state index contributed by atoms with van der Waals surface area (Å²) in [5, 5.41) is 6.31. The molecule has 0 atom stereocenters. The van der Waals surface area contributed by atoms with E-state index in [1.165, 1.54) is 11.1 Å². The molecule has 0 saturated heterocycles. The van der Waals surface area contributed by atoms with Gasteiger partial charge in [-0.15, -0.1) is 0 Å². The zero-order valence-corrected chi connectivity index (χ0v) is 21.1. The number of anilines is 1. The normalized spacial score (nSPS) is 12.4. The Bertz CT molecular complexity index is 1240. The highest BCUT2D eigenvalue weighted by Gasteiger charge is 2.17. The predicted octanol–water partition coefficient (Wildman–Crippen LogP) is 4.34. The zero-order valence-electron chi connectivity index (χ0n) is 21.1. The van der Waals surface area contributed by atoms with E-state index in [9.17, 15) is 9.59 Å². The molecule has 3 aromatic rings. The molecule has 0 aromatic heterocycles. The van der Waals surface area contributed by atoms with Gasteiger partial charge >= 0.3 is 0 Å². The summed E-state index contributed by atoms with van der Waals surface area (Å²) >= 11 is 0. The van der Waals surface area contributed by atoms with Crippen molar-refractivity contribution in [1.82, 2.24) is 10.6 Å². The summed E-state index contributed by atoms with van der Waals surface area (Å²) in [5.41, 5.74) is 5.32. The van der Waals surface area contributed by atoms with E-state index >= 15 is 0 Å². The molecule has 4 rings (SSSR count). The molecule has 1 aliphatic rings. The average Bonchev–Trinajstić information content (AvgIpc) is 2.92. The summed E-state index contributed by atoms with van der Waals surface area (Å²) in [5.74, 6) is 0.831. The number of benzene rings is 3. The van der Waals surface area contributed by atoms with E-state index in [1.807, 2.05) is 38.1 Å². The Morgan fingerprint density at radius 3 is 2.53 bits per heavy atom. The van der Waals surface area contributed by atoms with Gasteiger partial charge in [0, 0.05) is 37.0 Å². The summed E-state index contributed by atoms with van der Waals surface area (Å²) < 4.78 is 11.2. The van der Waals surface area contributed by atoms with Crippen LogP contribution < -0.4 is 25.0 Å². The van der Waals surface area contributed by atoms with Gasteiger partial charge < -0.3 is 25.0 Å². The molecular weight excluding hydrogens is 454 g/mol. The lowest BCUT2D eigenvalue weighted by Crippen LogP contribution is -2.28. The van der Waals surface area contributed by atoms with Crippen molar-refractivity contribution in [3.63, 3.8) is 0 Å². The first-order valence-corrected chi connectivity index (χ1v) is 12.4. The second kappa shape index (κ2) is 11.7. The molecule has 7 heteroatoms. The van der Waals surface area contributed by atoms with Crippen LogP contribution in [0.1, 0.15) is 51.3 Å². The number of rotatable bonds is 9. The van der Waals surface area contributed by atoms with Crippen LogP contribution in [0.4, 0.5) is 5.69 Å². The highest BCUT2D eigenvalue weighted by Crippen LogP contribution is 2.28. The van der Waals surface area contributed by atoms with Gasteiger partial charge in [-0.05, 0) is 86.0 Å². The summed E-state index contributed by atoms with van der Waals surface area (Å²) in [6.45, 7) is 6.87. The molecule has 1 aliphatic heterocycles. The summed E-state index contributed by atoms with van der Waals surface area (Å²) in [6, 6.07) is 18.7. The molecule has 2 N–H and O–H groups in total. The van der Waals surface area contributed by atoms with Gasteiger partial charge in [-0.3, -0.25) is 9.59 Å². The van der Waals surface area contributed by atoms with Crippen molar-refractivity contribution >= 4 is 17.5 Å². The van der Waals surface area contributed by atoms with E-state index in [-0.39, 0.29) is 11.8 Å². The van der Waals surface area contributed by atoms with Crippen molar-refractivity contribution in [2.24, 2.45) is 0 Å². The van der Waals surface area contributed by atoms with Crippen LogP contribution in [0.2, 0.25) is 0 Å². The lowest BCUT2D eigenvalue weighted by molar-refractivity contribution is 0.0949. The van der Waals surface area contributed by atoms with Crippen LogP contribution in [0.15, 0.2) is 60.7 Å². The van der Waals surface area contributed by atoms with Gasteiger partial charge in [-0.2, -0.15) is 0 Å². The Morgan fingerprint density at radius 2 is 1.72 bits per heavy atom. The third kappa shape index (κ3) is 5.86. The van der Waals surface area contributed by atoms with Gasteiger partial charge in [-0.1, -0.05) is 18.2 Å².